The molecule has 0 saturated carbocycles. The lowest BCUT2D eigenvalue weighted by molar-refractivity contribution is 0.647. The van der Waals surface area contributed by atoms with E-state index < -0.39 is 0 Å². The van der Waals surface area contributed by atoms with Crippen LogP contribution in [0.1, 0.15) is 5.56 Å². The highest BCUT2D eigenvalue weighted by Crippen LogP contribution is 2.29. The third kappa shape index (κ3) is 3.33. The van der Waals surface area contributed by atoms with Gasteiger partial charge in [0.15, 0.2) is 0 Å². The van der Waals surface area contributed by atoms with Gasteiger partial charge in [-0.05, 0) is 29.8 Å². The van der Waals surface area contributed by atoms with Gasteiger partial charge in [0.05, 0.1) is 10.7 Å². The molecule has 21 heavy (non-hydrogen) atoms. The molecule has 110 valence electrons. The maximum Gasteiger partial charge on any atom is 0.128 e. The molecule has 1 saturated heterocycles. The van der Waals surface area contributed by atoms with E-state index in [0.717, 1.165) is 48.0 Å². The molecule has 1 fully saturated rings. The van der Waals surface area contributed by atoms with E-state index in [2.05, 4.69) is 48.9 Å². The number of benzene rings is 1. The lowest BCUT2D eigenvalue weighted by Crippen LogP contribution is -2.46. The van der Waals surface area contributed by atoms with Crippen LogP contribution in [0.2, 0.25) is 5.02 Å². The maximum absolute atomic E-state index is 6.41. The quantitative estimate of drug-likeness (QED) is 0.767. The lowest BCUT2D eigenvalue weighted by Gasteiger charge is -2.37. The monoisotopic (exact) mass is 365 g/mol. The van der Waals surface area contributed by atoms with E-state index >= 15 is 0 Å². The number of halogens is 2. The van der Waals surface area contributed by atoms with Gasteiger partial charge in [0, 0.05) is 37.7 Å². The maximum atomic E-state index is 6.41. The largest absolute Gasteiger partial charge is 0.367 e. The summed E-state index contributed by atoms with van der Waals surface area (Å²) in [6.45, 7) is 3.86. The van der Waals surface area contributed by atoms with Gasteiger partial charge in [-0.25, -0.2) is 4.98 Å². The summed E-state index contributed by atoms with van der Waals surface area (Å²) in [7, 11) is 0. The zero-order valence-corrected chi connectivity index (χ0v) is 14.0. The molecule has 0 unspecified atom stereocenters. The molecule has 1 aromatic heterocycles. The first-order valence-electron chi connectivity index (χ1n) is 7.03. The van der Waals surface area contributed by atoms with Gasteiger partial charge in [0.2, 0.25) is 0 Å². The van der Waals surface area contributed by atoms with Crippen molar-refractivity contribution in [1.82, 2.24) is 4.98 Å². The van der Waals surface area contributed by atoms with Crippen LogP contribution >= 0.6 is 27.5 Å². The van der Waals surface area contributed by atoms with Crippen molar-refractivity contribution in [2.45, 2.75) is 5.33 Å². The van der Waals surface area contributed by atoms with E-state index in [1.165, 1.54) is 5.56 Å². The van der Waals surface area contributed by atoms with Gasteiger partial charge in [0.25, 0.3) is 0 Å². The van der Waals surface area contributed by atoms with Gasteiger partial charge in [-0.2, -0.15) is 0 Å². The second kappa shape index (κ2) is 6.67. The molecule has 2 heterocycles. The second-order valence-corrected chi connectivity index (χ2v) is 6.05. The topological polar surface area (TPSA) is 19.4 Å². The molecular weight excluding hydrogens is 350 g/mol. The number of pyridine rings is 1. The first kappa shape index (κ1) is 14.7. The van der Waals surface area contributed by atoms with Gasteiger partial charge in [0.1, 0.15) is 5.82 Å². The minimum atomic E-state index is 0.832. The molecule has 0 bridgehead atoms. The van der Waals surface area contributed by atoms with Gasteiger partial charge < -0.3 is 9.80 Å². The Kier molecular flexibility index (Phi) is 4.66. The van der Waals surface area contributed by atoms with Gasteiger partial charge in [-0.3, -0.25) is 0 Å². The molecule has 0 radical (unpaired) electrons. The molecule has 0 N–H and O–H groups in total. The van der Waals surface area contributed by atoms with Crippen LogP contribution in [0.5, 0.6) is 0 Å². The number of nitrogens with zero attached hydrogens (tertiary/aromatic N) is 3. The Morgan fingerprint density at radius 2 is 1.81 bits per heavy atom. The summed E-state index contributed by atoms with van der Waals surface area (Å²) in [5, 5.41) is 1.67. The molecule has 5 heteroatoms. The van der Waals surface area contributed by atoms with Crippen molar-refractivity contribution in [3.8, 4) is 0 Å². The summed E-state index contributed by atoms with van der Waals surface area (Å²) in [4.78, 5) is 9.08. The predicted octanol–water partition coefficient (Wildman–Crippen LogP) is 3.96. The van der Waals surface area contributed by atoms with Crippen molar-refractivity contribution in [2.75, 3.05) is 36.0 Å². The van der Waals surface area contributed by atoms with Crippen LogP contribution in [0.3, 0.4) is 0 Å². The lowest BCUT2D eigenvalue weighted by atomic mass is 10.2. The van der Waals surface area contributed by atoms with Crippen LogP contribution in [0.4, 0.5) is 11.5 Å². The minimum absolute atomic E-state index is 0.832. The van der Waals surface area contributed by atoms with E-state index in [1.54, 1.807) is 0 Å². The second-order valence-electron chi connectivity index (χ2n) is 5.08. The average Bonchev–Trinajstić information content (AvgIpc) is 2.56. The standard InChI is InChI=1S/C16H17BrClN3/c17-12-13-4-5-15(14(18)11-13)20-7-9-21(10-8-20)16-3-1-2-6-19-16/h1-6,11H,7-10,12H2. The Labute approximate surface area is 138 Å². The number of piperazine rings is 1. The molecule has 1 aromatic carbocycles. The van der Waals surface area contributed by atoms with Crippen LogP contribution in [-0.4, -0.2) is 31.2 Å². The summed E-state index contributed by atoms with van der Waals surface area (Å²) >= 11 is 9.87. The molecule has 1 aliphatic rings. The highest BCUT2D eigenvalue weighted by molar-refractivity contribution is 9.08. The molecular formula is C16H17BrClN3. The third-order valence-corrected chi connectivity index (χ3v) is 4.71. The summed E-state index contributed by atoms with van der Waals surface area (Å²) in [5.74, 6) is 1.05. The predicted molar refractivity (Wildman–Crippen MR) is 92.7 cm³/mol. The Morgan fingerprint density at radius 3 is 2.43 bits per heavy atom. The summed E-state index contributed by atoms with van der Waals surface area (Å²) in [6.07, 6.45) is 1.84. The summed E-state index contributed by atoms with van der Waals surface area (Å²) in [5.41, 5.74) is 2.33. The smallest absolute Gasteiger partial charge is 0.128 e. The van der Waals surface area contributed by atoms with E-state index in [9.17, 15) is 0 Å². The van der Waals surface area contributed by atoms with Crippen LogP contribution < -0.4 is 9.80 Å². The molecule has 0 atom stereocenters. The number of hydrogen-bond acceptors (Lipinski definition) is 3. The number of aromatic nitrogens is 1. The zero-order chi connectivity index (χ0) is 14.7. The van der Waals surface area contributed by atoms with Gasteiger partial charge in [-0.1, -0.05) is 39.7 Å². The van der Waals surface area contributed by atoms with E-state index in [4.69, 9.17) is 11.6 Å². The highest BCUT2D eigenvalue weighted by Gasteiger charge is 2.19. The molecule has 2 aromatic rings. The Morgan fingerprint density at radius 1 is 1.05 bits per heavy atom. The summed E-state index contributed by atoms with van der Waals surface area (Å²) < 4.78 is 0. The normalized spacial score (nSPS) is 15.3. The first-order chi connectivity index (χ1) is 10.3. The van der Waals surface area contributed by atoms with Gasteiger partial charge >= 0.3 is 0 Å². The highest BCUT2D eigenvalue weighted by atomic mass is 79.9. The van der Waals surface area contributed by atoms with Crippen molar-refractivity contribution < 1.29 is 0 Å². The molecule has 1 aliphatic heterocycles. The van der Waals surface area contributed by atoms with E-state index in [0.29, 0.717) is 0 Å². The average molecular weight is 367 g/mol. The van der Waals surface area contributed by atoms with Crippen molar-refractivity contribution in [1.29, 1.82) is 0 Å². The van der Waals surface area contributed by atoms with Crippen LogP contribution in [0, 0.1) is 0 Å². The summed E-state index contributed by atoms with van der Waals surface area (Å²) in [6, 6.07) is 12.3. The third-order valence-electron chi connectivity index (χ3n) is 3.76. The Hall–Kier alpha value is -1.26. The fourth-order valence-electron chi connectivity index (χ4n) is 2.61. The fraction of sp³-hybridized carbons (Fsp3) is 0.312. The number of alkyl halides is 1. The molecule has 3 rings (SSSR count). The van der Waals surface area contributed by atoms with E-state index in [1.807, 2.05) is 24.4 Å². The van der Waals surface area contributed by atoms with E-state index in [-0.39, 0.29) is 0 Å². The fourth-order valence-corrected chi connectivity index (χ4v) is 3.28. The Bertz CT molecular complexity index is 598. The van der Waals surface area contributed by atoms with Crippen molar-refractivity contribution in [2.24, 2.45) is 0 Å². The molecule has 0 aliphatic carbocycles. The molecule has 3 nitrogen and oxygen atoms in total. The van der Waals surface area contributed by atoms with Crippen LogP contribution in [-0.2, 0) is 5.33 Å². The Balaban J connectivity index is 1.68. The number of anilines is 2. The molecule has 0 spiro atoms. The van der Waals surface area contributed by atoms with Gasteiger partial charge in [-0.15, -0.1) is 0 Å². The first-order valence-corrected chi connectivity index (χ1v) is 8.53. The number of rotatable bonds is 3. The van der Waals surface area contributed by atoms with Crippen molar-refractivity contribution in [3.05, 3.63) is 53.2 Å². The molecule has 0 amide bonds. The zero-order valence-electron chi connectivity index (χ0n) is 11.7. The number of hydrogen-bond donors (Lipinski definition) is 0. The van der Waals surface area contributed by atoms with Crippen LogP contribution in [0.15, 0.2) is 42.6 Å². The van der Waals surface area contributed by atoms with Crippen molar-refractivity contribution >= 4 is 39.0 Å². The minimum Gasteiger partial charge on any atom is -0.367 e. The van der Waals surface area contributed by atoms with Crippen LogP contribution in [0.25, 0.3) is 0 Å². The van der Waals surface area contributed by atoms with Crippen molar-refractivity contribution in [3.63, 3.8) is 0 Å². The SMILES string of the molecule is Clc1cc(CBr)ccc1N1CCN(c2ccccn2)CC1.